The summed E-state index contributed by atoms with van der Waals surface area (Å²) in [5.74, 6) is 0.0807. The van der Waals surface area contributed by atoms with Crippen molar-refractivity contribution >= 4 is 33.0 Å². The van der Waals surface area contributed by atoms with Crippen molar-refractivity contribution < 1.29 is 17.9 Å². The van der Waals surface area contributed by atoms with Crippen LogP contribution in [0.2, 0.25) is 0 Å². The highest BCUT2D eigenvalue weighted by atomic mass is 32.2. The van der Waals surface area contributed by atoms with Crippen LogP contribution in [0.3, 0.4) is 0 Å². The van der Waals surface area contributed by atoms with Gasteiger partial charge in [0.05, 0.1) is 46.6 Å². The molecule has 38 heavy (non-hydrogen) atoms. The SMILES string of the molecule is CCOc1cncc(-c2cnc(C(=O)N[C@@H](CN3CCCCC3)c3cc(NS(=O)(=O)C4CC4)ccn3)s2)n1. The smallest absolute Gasteiger partial charge is 0.280 e. The van der Waals surface area contributed by atoms with Gasteiger partial charge in [0.1, 0.15) is 5.69 Å². The minimum Gasteiger partial charge on any atom is -0.477 e. The molecule has 202 valence electrons. The number of rotatable bonds is 11. The maximum Gasteiger partial charge on any atom is 0.280 e. The number of thiazole rings is 1. The van der Waals surface area contributed by atoms with E-state index in [1.54, 1.807) is 36.9 Å². The topological polar surface area (TPSA) is 139 Å². The van der Waals surface area contributed by atoms with Crippen LogP contribution in [0.4, 0.5) is 5.69 Å². The van der Waals surface area contributed by atoms with Crippen molar-refractivity contribution in [2.24, 2.45) is 0 Å². The lowest BCUT2D eigenvalue weighted by Crippen LogP contribution is -2.40. The fourth-order valence-electron chi connectivity index (χ4n) is 4.34. The Morgan fingerprint density at radius 1 is 1.18 bits per heavy atom. The van der Waals surface area contributed by atoms with Crippen molar-refractivity contribution in [2.75, 3.05) is 31.0 Å². The molecule has 11 nitrogen and oxygen atoms in total. The van der Waals surface area contributed by atoms with Crippen LogP contribution < -0.4 is 14.8 Å². The number of carbonyl (C=O) groups is 1. The number of hydrogen-bond donors (Lipinski definition) is 2. The average Bonchev–Trinajstić information content (AvgIpc) is 3.67. The average molecular weight is 558 g/mol. The van der Waals surface area contributed by atoms with Gasteiger partial charge in [-0.2, -0.15) is 0 Å². The monoisotopic (exact) mass is 557 g/mol. The predicted molar refractivity (Wildman–Crippen MR) is 145 cm³/mol. The molecule has 4 heterocycles. The summed E-state index contributed by atoms with van der Waals surface area (Å²) < 4.78 is 33.0. The molecule has 5 rings (SSSR count). The summed E-state index contributed by atoms with van der Waals surface area (Å²) in [7, 11) is -3.41. The van der Waals surface area contributed by atoms with Crippen LogP contribution >= 0.6 is 11.3 Å². The van der Waals surface area contributed by atoms with E-state index in [0.29, 0.717) is 53.8 Å². The normalized spacial score (nSPS) is 17.1. The number of sulfonamides is 1. The molecule has 0 bridgehead atoms. The second-order valence-corrected chi connectivity index (χ2v) is 12.4. The first kappa shape index (κ1) is 26.4. The fourth-order valence-corrected chi connectivity index (χ4v) is 6.50. The standard InChI is InChI=1S/C25H31N7O4S2/c1-2-36-23-15-26-13-20(29-23)22-14-28-25(37-22)24(33)30-21(16-32-10-4-3-5-11-32)19-12-17(8-9-27-19)31-38(34,35)18-6-7-18/h8-9,12-15,18,21H,2-7,10-11,16H2,1H3,(H,27,31)(H,30,33)/t21-/m0/s1. The summed E-state index contributed by atoms with van der Waals surface area (Å²) in [5, 5.41) is 3.04. The van der Waals surface area contributed by atoms with Crippen LogP contribution in [0.15, 0.2) is 36.9 Å². The minimum absolute atomic E-state index is 0.290. The molecular formula is C25H31N7O4S2. The van der Waals surface area contributed by atoms with Gasteiger partial charge in [-0.3, -0.25) is 19.5 Å². The highest BCUT2D eigenvalue weighted by molar-refractivity contribution is 7.93. The molecule has 0 spiro atoms. The number of ether oxygens (including phenoxy) is 1. The quantitative estimate of drug-likeness (QED) is 0.364. The van der Waals surface area contributed by atoms with Gasteiger partial charge in [-0.25, -0.2) is 18.4 Å². The third-order valence-corrected chi connectivity index (χ3v) is 9.30. The molecule has 1 saturated carbocycles. The first-order chi connectivity index (χ1) is 18.4. The number of amides is 1. The number of likely N-dealkylation sites (tertiary alicyclic amines) is 1. The first-order valence-corrected chi connectivity index (χ1v) is 15.2. The lowest BCUT2D eigenvalue weighted by atomic mass is 10.1. The Kier molecular flexibility index (Phi) is 8.15. The van der Waals surface area contributed by atoms with Gasteiger partial charge in [0, 0.05) is 18.9 Å². The Labute approximate surface area is 226 Å². The molecule has 2 aliphatic rings. The largest absolute Gasteiger partial charge is 0.477 e. The second-order valence-electron chi connectivity index (χ2n) is 9.41. The van der Waals surface area contributed by atoms with Crippen LogP contribution in [-0.2, 0) is 10.0 Å². The lowest BCUT2D eigenvalue weighted by Gasteiger charge is -2.30. The maximum atomic E-state index is 13.3. The number of carbonyl (C=O) groups excluding carboxylic acids is 1. The van der Waals surface area contributed by atoms with Gasteiger partial charge in [-0.1, -0.05) is 6.42 Å². The van der Waals surface area contributed by atoms with E-state index < -0.39 is 16.1 Å². The minimum atomic E-state index is -3.41. The number of aromatic nitrogens is 4. The van der Waals surface area contributed by atoms with Crippen molar-refractivity contribution in [3.05, 3.63) is 47.6 Å². The van der Waals surface area contributed by atoms with Crippen LogP contribution in [0.5, 0.6) is 5.88 Å². The van der Waals surface area contributed by atoms with E-state index in [1.165, 1.54) is 17.8 Å². The molecule has 1 saturated heterocycles. The summed E-state index contributed by atoms with van der Waals surface area (Å²) in [6.07, 6.45) is 11.1. The van der Waals surface area contributed by atoms with Gasteiger partial charge in [0.15, 0.2) is 5.01 Å². The Balaban J connectivity index is 1.35. The molecular weight excluding hydrogens is 526 g/mol. The number of hydrogen-bond acceptors (Lipinski definition) is 10. The van der Waals surface area contributed by atoms with Crippen molar-refractivity contribution in [3.8, 4) is 16.5 Å². The Morgan fingerprint density at radius 3 is 2.76 bits per heavy atom. The van der Waals surface area contributed by atoms with E-state index in [1.807, 2.05) is 6.92 Å². The molecule has 0 aromatic carbocycles. The van der Waals surface area contributed by atoms with Crippen LogP contribution in [0, 0.1) is 0 Å². The van der Waals surface area contributed by atoms with Gasteiger partial charge >= 0.3 is 0 Å². The highest BCUT2D eigenvalue weighted by Gasteiger charge is 2.36. The van der Waals surface area contributed by atoms with Crippen LogP contribution in [0.1, 0.15) is 60.6 Å². The number of piperidine rings is 1. The van der Waals surface area contributed by atoms with Crippen LogP contribution in [-0.4, -0.2) is 70.7 Å². The summed E-state index contributed by atoms with van der Waals surface area (Å²) in [5.41, 5.74) is 1.62. The number of pyridine rings is 1. The van der Waals surface area contributed by atoms with Crippen molar-refractivity contribution in [1.29, 1.82) is 0 Å². The molecule has 3 aromatic heterocycles. The van der Waals surface area contributed by atoms with Gasteiger partial charge in [0.2, 0.25) is 15.9 Å². The molecule has 13 heteroatoms. The molecule has 3 aromatic rings. The predicted octanol–water partition coefficient (Wildman–Crippen LogP) is 3.25. The fraction of sp³-hybridized carbons (Fsp3) is 0.480. The molecule has 1 aliphatic carbocycles. The zero-order valence-electron chi connectivity index (χ0n) is 21.2. The molecule has 1 aliphatic heterocycles. The summed E-state index contributed by atoms with van der Waals surface area (Å²) >= 11 is 1.22. The molecule has 0 unspecified atom stereocenters. The van der Waals surface area contributed by atoms with E-state index >= 15 is 0 Å². The van der Waals surface area contributed by atoms with E-state index in [0.717, 1.165) is 25.9 Å². The zero-order chi connectivity index (χ0) is 26.5. The maximum absolute atomic E-state index is 13.3. The zero-order valence-corrected chi connectivity index (χ0v) is 22.8. The van der Waals surface area contributed by atoms with Gasteiger partial charge < -0.3 is 15.0 Å². The summed E-state index contributed by atoms with van der Waals surface area (Å²) in [6, 6.07) is 2.89. The van der Waals surface area contributed by atoms with Gasteiger partial charge in [0.25, 0.3) is 5.91 Å². The third kappa shape index (κ3) is 6.63. The van der Waals surface area contributed by atoms with E-state index in [9.17, 15) is 13.2 Å². The number of anilines is 1. The molecule has 2 N–H and O–H groups in total. The Morgan fingerprint density at radius 2 is 2.00 bits per heavy atom. The molecule has 0 radical (unpaired) electrons. The van der Waals surface area contributed by atoms with Crippen molar-refractivity contribution in [2.45, 2.75) is 50.3 Å². The molecule has 1 atom stereocenters. The Hall–Kier alpha value is -3.16. The first-order valence-electron chi connectivity index (χ1n) is 12.8. The second kappa shape index (κ2) is 11.7. The van der Waals surface area contributed by atoms with Crippen molar-refractivity contribution in [1.82, 2.24) is 30.2 Å². The van der Waals surface area contributed by atoms with Gasteiger partial charge in [-0.05, 0) is 57.8 Å². The summed E-state index contributed by atoms with van der Waals surface area (Å²) in [4.78, 5) is 33.7. The third-order valence-electron chi connectivity index (χ3n) is 6.41. The van der Waals surface area contributed by atoms with E-state index in [2.05, 4.69) is 34.9 Å². The van der Waals surface area contributed by atoms with E-state index in [-0.39, 0.29) is 16.2 Å². The number of nitrogens with zero attached hydrogens (tertiary/aromatic N) is 5. The van der Waals surface area contributed by atoms with Gasteiger partial charge in [-0.15, -0.1) is 11.3 Å². The van der Waals surface area contributed by atoms with Crippen molar-refractivity contribution in [3.63, 3.8) is 0 Å². The summed E-state index contributed by atoms with van der Waals surface area (Å²) in [6.45, 7) is 4.80. The molecule has 1 amide bonds. The lowest BCUT2D eigenvalue weighted by molar-refractivity contribution is 0.0918. The van der Waals surface area contributed by atoms with E-state index in [4.69, 9.17) is 4.74 Å². The molecule has 2 fully saturated rings. The number of nitrogens with one attached hydrogen (secondary N) is 2. The highest BCUT2D eigenvalue weighted by Crippen LogP contribution is 2.30. The Bertz CT molecular complexity index is 1370. The van der Waals surface area contributed by atoms with Crippen LogP contribution in [0.25, 0.3) is 10.6 Å².